The molecule has 1 aromatic carbocycles. The van der Waals surface area contributed by atoms with Gasteiger partial charge in [-0.05, 0) is 31.9 Å². The Morgan fingerprint density at radius 1 is 1.15 bits per heavy atom. The fraction of sp³-hybridized carbons (Fsp3) is 0.312. The molecule has 2 heterocycles. The molecule has 0 fully saturated rings. The molecule has 1 amide bonds. The van der Waals surface area contributed by atoms with Crippen LogP contribution in [0, 0.1) is 20.8 Å². The van der Waals surface area contributed by atoms with Crippen molar-refractivity contribution in [3.63, 3.8) is 0 Å². The Kier molecular flexibility index (Phi) is 3.01. The molecule has 1 aromatic heterocycles. The molecule has 102 valence electrons. The second kappa shape index (κ2) is 4.71. The van der Waals surface area contributed by atoms with E-state index in [2.05, 4.69) is 29.0 Å². The molecule has 0 atom stereocenters. The summed E-state index contributed by atoms with van der Waals surface area (Å²) in [5.74, 6) is 0.0815. The van der Waals surface area contributed by atoms with Crippen molar-refractivity contribution in [1.82, 2.24) is 14.9 Å². The van der Waals surface area contributed by atoms with Gasteiger partial charge < -0.3 is 4.90 Å². The van der Waals surface area contributed by atoms with Crippen molar-refractivity contribution in [3.8, 4) is 0 Å². The second-order valence-corrected chi connectivity index (χ2v) is 5.43. The van der Waals surface area contributed by atoms with Gasteiger partial charge in [0.1, 0.15) is 6.33 Å². The van der Waals surface area contributed by atoms with Crippen LogP contribution >= 0.6 is 0 Å². The highest BCUT2D eigenvalue weighted by molar-refractivity contribution is 5.97. The molecule has 3 rings (SSSR count). The zero-order valence-electron chi connectivity index (χ0n) is 12.0. The molecule has 4 heteroatoms. The van der Waals surface area contributed by atoms with E-state index in [4.69, 9.17) is 0 Å². The van der Waals surface area contributed by atoms with E-state index < -0.39 is 0 Å². The quantitative estimate of drug-likeness (QED) is 0.797. The van der Waals surface area contributed by atoms with Gasteiger partial charge in [-0.2, -0.15) is 0 Å². The lowest BCUT2D eigenvalue weighted by Crippen LogP contribution is -2.27. The van der Waals surface area contributed by atoms with E-state index in [1.54, 1.807) is 6.20 Å². The smallest absolute Gasteiger partial charge is 0.255 e. The zero-order chi connectivity index (χ0) is 14.3. The Morgan fingerprint density at radius 2 is 1.85 bits per heavy atom. The summed E-state index contributed by atoms with van der Waals surface area (Å²) in [6, 6.07) is 4.12. The summed E-state index contributed by atoms with van der Waals surface area (Å²) < 4.78 is 0. The lowest BCUT2D eigenvalue weighted by Gasteiger charge is -2.18. The van der Waals surface area contributed by atoms with Crippen LogP contribution in [0.3, 0.4) is 0 Å². The predicted molar refractivity (Wildman–Crippen MR) is 76.3 cm³/mol. The minimum absolute atomic E-state index is 0.0815. The average molecular weight is 267 g/mol. The number of hydrogen-bond acceptors (Lipinski definition) is 3. The van der Waals surface area contributed by atoms with Crippen LogP contribution in [0.2, 0.25) is 0 Å². The van der Waals surface area contributed by atoms with Crippen molar-refractivity contribution in [2.75, 3.05) is 0 Å². The molecular formula is C16H17N3O. The van der Waals surface area contributed by atoms with E-state index in [9.17, 15) is 4.79 Å². The molecule has 0 unspecified atom stereocenters. The molecule has 0 aliphatic carbocycles. The van der Waals surface area contributed by atoms with Gasteiger partial charge in [-0.1, -0.05) is 17.7 Å². The molecular weight excluding hydrogens is 250 g/mol. The first-order valence-corrected chi connectivity index (χ1v) is 6.71. The third-order valence-electron chi connectivity index (χ3n) is 3.76. The molecule has 0 saturated heterocycles. The normalized spacial score (nSPS) is 13.4. The number of amides is 1. The van der Waals surface area contributed by atoms with E-state index in [1.165, 1.54) is 11.9 Å². The van der Waals surface area contributed by atoms with Gasteiger partial charge in [0, 0.05) is 23.9 Å². The van der Waals surface area contributed by atoms with E-state index in [-0.39, 0.29) is 5.91 Å². The average Bonchev–Trinajstić information content (AvgIpc) is 2.81. The summed E-state index contributed by atoms with van der Waals surface area (Å²) in [7, 11) is 0. The predicted octanol–water partition coefficient (Wildman–Crippen LogP) is 2.56. The molecule has 2 aromatic rings. The van der Waals surface area contributed by atoms with Crippen molar-refractivity contribution < 1.29 is 4.79 Å². The van der Waals surface area contributed by atoms with Gasteiger partial charge in [-0.15, -0.1) is 0 Å². The van der Waals surface area contributed by atoms with Crippen LogP contribution < -0.4 is 0 Å². The molecule has 0 spiro atoms. The van der Waals surface area contributed by atoms with Crippen LogP contribution in [0.15, 0.2) is 24.7 Å². The van der Waals surface area contributed by atoms with Crippen molar-refractivity contribution in [3.05, 3.63) is 58.2 Å². The number of rotatable bonds is 1. The van der Waals surface area contributed by atoms with Gasteiger partial charge in [0.25, 0.3) is 5.91 Å². The van der Waals surface area contributed by atoms with Crippen LogP contribution in [0.25, 0.3) is 0 Å². The zero-order valence-corrected chi connectivity index (χ0v) is 12.0. The Labute approximate surface area is 118 Å². The fourth-order valence-corrected chi connectivity index (χ4v) is 2.92. The number of benzene rings is 1. The van der Waals surface area contributed by atoms with E-state index in [0.717, 1.165) is 27.9 Å². The van der Waals surface area contributed by atoms with Gasteiger partial charge in [0.15, 0.2) is 0 Å². The van der Waals surface area contributed by atoms with Crippen LogP contribution in [-0.4, -0.2) is 20.8 Å². The van der Waals surface area contributed by atoms with E-state index in [1.807, 2.05) is 18.7 Å². The number of aryl methyl sites for hydroxylation is 3. The summed E-state index contributed by atoms with van der Waals surface area (Å²) in [5.41, 5.74) is 6.08. The molecule has 0 saturated carbocycles. The summed E-state index contributed by atoms with van der Waals surface area (Å²) in [6.45, 7) is 7.22. The number of carbonyl (C=O) groups is 1. The lowest BCUT2D eigenvalue weighted by molar-refractivity contribution is 0.0749. The Balaban J connectivity index is 1.93. The lowest BCUT2D eigenvalue weighted by atomic mass is 9.99. The molecule has 20 heavy (non-hydrogen) atoms. The fourth-order valence-electron chi connectivity index (χ4n) is 2.92. The highest BCUT2D eigenvalue weighted by Crippen LogP contribution is 2.25. The minimum atomic E-state index is 0.0815. The molecule has 1 aliphatic heterocycles. The van der Waals surface area contributed by atoms with E-state index in [0.29, 0.717) is 13.1 Å². The number of hydrogen-bond donors (Lipinski definition) is 0. The van der Waals surface area contributed by atoms with Crippen LogP contribution in [0.5, 0.6) is 0 Å². The van der Waals surface area contributed by atoms with Crippen LogP contribution in [-0.2, 0) is 13.1 Å². The summed E-state index contributed by atoms with van der Waals surface area (Å²) in [5, 5.41) is 0. The third kappa shape index (κ3) is 2.07. The summed E-state index contributed by atoms with van der Waals surface area (Å²) >= 11 is 0. The van der Waals surface area contributed by atoms with Crippen molar-refractivity contribution >= 4 is 5.91 Å². The number of nitrogens with zero attached hydrogens (tertiary/aromatic N) is 3. The molecule has 0 N–H and O–H groups in total. The first kappa shape index (κ1) is 12.8. The number of aromatic nitrogens is 2. The molecule has 0 radical (unpaired) electrons. The van der Waals surface area contributed by atoms with Gasteiger partial charge in [-0.3, -0.25) is 4.79 Å². The van der Waals surface area contributed by atoms with Crippen molar-refractivity contribution in [2.24, 2.45) is 0 Å². The van der Waals surface area contributed by atoms with Gasteiger partial charge in [0.05, 0.1) is 12.2 Å². The monoisotopic (exact) mass is 267 g/mol. The van der Waals surface area contributed by atoms with Gasteiger partial charge in [-0.25, -0.2) is 9.97 Å². The van der Waals surface area contributed by atoms with E-state index >= 15 is 0 Å². The van der Waals surface area contributed by atoms with Crippen LogP contribution in [0.1, 0.15) is 38.3 Å². The largest absolute Gasteiger partial charge is 0.328 e. The highest BCUT2D eigenvalue weighted by atomic mass is 16.2. The second-order valence-electron chi connectivity index (χ2n) is 5.43. The third-order valence-corrected chi connectivity index (χ3v) is 3.76. The maximum atomic E-state index is 12.7. The van der Waals surface area contributed by atoms with Gasteiger partial charge >= 0.3 is 0 Å². The SMILES string of the molecule is Cc1cc(C)c(C(=O)N2Cc3cncnc3C2)c(C)c1. The van der Waals surface area contributed by atoms with Gasteiger partial charge in [0.2, 0.25) is 0 Å². The topological polar surface area (TPSA) is 46.1 Å². The Hall–Kier alpha value is -2.23. The number of carbonyl (C=O) groups excluding carboxylic acids is 1. The Morgan fingerprint density at radius 3 is 2.50 bits per heavy atom. The van der Waals surface area contributed by atoms with Crippen molar-refractivity contribution in [1.29, 1.82) is 0 Å². The van der Waals surface area contributed by atoms with Crippen molar-refractivity contribution in [2.45, 2.75) is 33.9 Å². The summed E-state index contributed by atoms with van der Waals surface area (Å²) in [6.07, 6.45) is 3.33. The first-order chi connectivity index (χ1) is 9.56. The standard InChI is InChI=1S/C16H17N3O/c1-10-4-11(2)15(12(3)5-10)16(20)19-7-13-6-17-9-18-14(13)8-19/h4-6,9H,7-8H2,1-3H3. The Bertz CT molecular complexity index is 646. The first-order valence-electron chi connectivity index (χ1n) is 6.71. The minimum Gasteiger partial charge on any atom is -0.328 e. The number of fused-ring (bicyclic) bond motifs is 1. The van der Waals surface area contributed by atoms with Crippen LogP contribution in [0.4, 0.5) is 0 Å². The highest BCUT2D eigenvalue weighted by Gasteiger charge is 2.27. The summed E-state index contributed by atoms with van der Waals surface area (Å²) in [4.78, 5) is 22.8. The molecule has 1 aliphatic rings. The molecule has 4 nitrogen and oxygen atoms in total. The molecule has 0 bridgehead atoms. The maximum absolute atomic E-state index is 12.7. The maximum Gasteiger partial charge on any atom is 0.255 e.